The summed E-state index contributed by atoms with van der Waals surface area (Å²) >= 11 is 1.34. The third-order valence-electron chi connectivity index (χ3n) is 3.42. The first-order valence-electron chi connectivity index (χ1n) is 6.45. The summed E-state index contributed by atoms with van der Waals surface area (Å²) in [5.41, 5.74) is 0. The van der Waals surface area contributed by atoms with Gasteiger partial charge in [0.1, 0.15) is 0 Å². The Morgan fingerprint density at radius 1 is 1.06 bits per heavy atom. The van der Waals surface area contributed by atoms with E-state index in [-0.39, 0.29) is 11.8 Å². The van der Waals surface area contributed by atoms with Gasteiger partial charge in [0.15, 0.2) is 0 Å². The van der Waals surface area contributed by atoms with E-state index in [1.54, 1.807) is 0 Å². The van der Waals surface area contributed by atoms with Crippen LogP contribution in [0.15, 0.2) is 0 Å². The van der Waals surface area contributed by atoms with Crippen molar-refractivity contribution in [3.05, 3.63) is 0 Å². The van der Waals surface area contributed by atoms with Crippen LogP contribution in [-0.2, 0) is 9.59 Å². The van der Waals surface area contributed by atoms with E-state index < -0.39 is 0 Å². The van der Waals surface area contributed by atoms with Gasteiger partial charge in [-0.2, -0.15) is 0 Å². The van der Waals surface area contributed by atoms with Crippen molar-refractivity contribution in [1.82, 2.24) is 8.61 Å². The lowest BCUT2D eigenvalue weighted by atomic mass is 10.0. The Kier molecular flexibility index (Phi) is 4.45. The van der Waals surface area contributed by atoms with Gasteiger partial charge in [-0.05, 0) is 31.6 Å². The number of hydrogen-bond donors (Lipinski definition) is 0. The van der Waals surface area contributed by atoms with Gasteiger partial charge in [-0.25, -0.2) is 8.61 Å². The molecular weight excluding hydrogens is 236 g/mol. The van der Waals surface area contributed by atoms with Crippen LogP contribution < -0.4 is 0 Å². The molecule has 0 unspecified atom stereocenters. The average molecular weight is 256 g/mol. The van der Waals surface area contributed by atoms with E-state index >= 15 is 0 Å². The molecule has 5 heteroatoms. The molecule has 0 saturated carbocycles. The maximum atomic E-state index is 11.8. The van der Waals surface area contributed by atoms with Gasteiger partial charge in [0, 0.05) is 38.1 Å². The van der Waals surface area contributed by atoms with Crippen LogP contribution in [0.5, 0.6) is 0 Å². The molecule has 2 rings (SSSR count). The highest BCUT2D eigenvalue weighted by atomic mass is 32.2. The molecule has 0 spiro atoms. The predicted molar refractivity (Wildman–Crippen MR) is 67.9 cm³/mol. The van der Waals surface area contributed by atoms with Crippen LogP contribution in [0.4, 0.5) is 0 Å². The maximum absolute atomic E-state index is 11.8. The zero-order valence-electron chi connectivity index (χ0n) is 10.4. The van der Waals surface area contributed by atoms with Crippen molar-refractivity contribution in [1.29, 1.82) is 0 Å². The fraction of sp³-hybridized carbons (Fsp3) is 0.833. The number of piperidine rings is 1. The van der Waals surface area contributed by atoms with Crippen LogP contribution in [0.2, 0.25) is 0 Å². The molecule has 0 bridgehead atoms. The molecule has 17 heavy (non-hydrogen) atoms. The van der Waals surface area contributed by atoms with Crippen molar-refractivity contribution in [3.63, 3.8) is 0 Å². The Morgan fingerprint density at radius 3 is 2.12 bits per heavy atom. The highest BCUT2D eigenvalue weighted by molar-refractivity contribution is 7.95. The predicted octanol–water partition coefficient (Wildman–Crippen LogP) is 2.21. The number of hydrogen-bond acceptors (Lipinski definition) is 4. The Labute approximate surface area is 107 Å². The summed E-state index contributed by atoms with van der Waals surface area (Å²) in [6, 6.07) is 0. The second-order valence-corrected chi connectivity index (χ2v) is 6.03. The van der Waals surface area contributed by atoms with Crippen LogP contribution >= 0.6 is 12.1 Å². The van der Waals surface area contributed by atoms with E-state index in [9.17, 15) is 9.59 Å². The van der Waals surface area contributed by atoms with E-state index in [2.05, 4.69) is 11.2 Å². The van der Waals surface area contributed by atoms with Crippen LogP contribution in [0.1, 0.15) is 45.4 Å². The van der Waals surface area contributed by atoms with Gasteiger partial charge < -0.3 is 0 Å². The zero-order chi connectivity index (χ0) is 12.3. The summed E-state index contributed by atoms with van der Waals surface area (Å²) in [5.74, 6) is 0.731. The number of carbonyl (C=O) groups is 2. The zero-order valence-corrected chi connectivity index (χ0v) is 11.2. The van der Waals surface area contributed by atoms with Crippen LogP contribution in [0.3, 0.4) is 0 Å². The van der Waals surface area contributed by atoms with Crippen molar-refractivity contribution in [2.75, 3.05) is 13.1 Å². The standard InChI is InChI=1S/C12H20N2O2S/c1-10-6-8-13(9-7-10)17-14-11(15)4-2-3-5-12(14)16/h10H,2-9H2,1H3. The Hall–Kier alpha value is -0.550. The van der Waals surface area contributed by atoms with Gasteiger partial charge in [0.05, 0.1) is 0 Å². The SMILES string of the molecule is CC1CCN(SN2C(=O)CCCCC2=O)CC1. The van der Waals surface area contributed by atoms with Gasteiger partial charge in [0.2, 0.25) is 11.8 Å². The van der Waals surface area contributed by atoms with E-state index in [1.807, 2.05) is 0 Å². The summed E-state index contributed by atoms with van der Waals surface area (Å²) < 4.78 is 3.55. The lowest BCUT2D eigenvalue weighted by Crippen LogP contribution is -2.36. The van der Waals surface area contributed by atoms with Gasteiger partial charge in [0.25, 0.3) is 0 Å². The molecule has 0 radical (unpaired) electrons. The molecule has 0 aliphatic carbocycles. The molecule has 0 atom stereocenters. The highest BCUT2D eigenvalue weighted by Gasteiger charge is 2.28. The minimum absolute atomic E-state index is 0.0175. The smallest absolute Gasteiger partial charge is 0.240 e. The Morgan fingerprint density at radius 2 is 1.59 bits per heavy atom. The maximum Gasteiger partial charge on any atom is 0.240 e. The first-order valence-corrected chi connectivity index (χ1v) is 7.18. The van der Waals surface area contributed by atoms with Gasteiger partial charge >= 0.3 is 0 Å². The molecule has 0 aromatic rings. The first-order chi connectivity index (χ1) is 8.16. The molecule has 2 amide bonds. The normalized spacial score (nSPS) is 25.1. The fourth-order valence-electron chi connectivity index (χ4n) is 2.17. The molecule has 2 aliphatic heterocycles. The minimum Gasteiger partial charge on any atom is -0.273 e. The van der Waals surface area contributed by atoms with E-state index in [4.69, 9.17) is 0 Å². The van der Waals surface area contributed by atoms with E-state index in [1.165, 1.54) is 16.4 Å². The summed E-state index contributed by atoms with van der Waals surface area (Å²) in [4.78, 5) is 23.6. The molecule has 2 saturated heterocycles. The van der Waals surface area contributed by atoms with Gasteiger partial charge in [-0.15, -0.1) is 0 Å². The molecule has 0 aromatic heterocycles. The Bertz CT molecular complexity index is 283. The van der Waals surface area contributed by atoms with Crippen LogP contribution in [0, 0.1) is 5.92 Å². The van der Waals surface area contributed by atoms with Crippen molar-refractivity contribution in [2.24, 2.45) is 5.92 Å². The molecule has 2 aliphatic rings. The fourth-order valence-corrected chi connectivity index (χ4v) is 3.14. The number of rotatable bonds is 2. The summed E-state index contributed by atoms with van der Waals surface area (Å²) in [7, 11) is 0. The monoisotopic (exact) mass is 256 g/mol. The molecule has 2 fully saturated rings. The minimum atomic E-state index is -0.0175. The third kappa shape index (κ3) is 3.45. The lowest BCUT2D eigenvalue weighted by molar-refractivity contribution is -0.137. The largest absolute Gasteiger partial charge is 0.273 e. The second-order valence-electron chi connectivity index (χ2n) is 4.98. The molecule has 2 heterocycles. The average Bonchev–Trinajstić information content (AvgIpc) is 2.47. The van der Waals surface area contributed by atoms with Crippen molar-refractivity contribution in [3.8, 4) is 0 Å². The number of imide groups is 1. The van der Waals surface area contributed by atoms with Crippen LogP contribution in [0.25, 0.3) is 0 Å². The lowest BCUT2D eigenvalue weighted by Gasteiger charge is -2.31. The molecule has 96 valence electrons. The van der Waals surface area contributed by atoms with Crippen molar-refractivity contribution in [2.45, 2.75) is 45.4 Å². The number of amides is 2. The molecular formula is C12H20N2O2S. The summed E-state index contributed by atoms with van der Waals surface area (Å²) in [6.45, 7) is 4.20. The number of carbonyl (C=O) groups excluding carboxylic acids is 2. The van der Waals surface area contributed by atoms with Crippen molar-refractivity contribution >= 4 is 23.9 Å². The summed E-state index contributed by atoms with van der Waals surface area (Å²) in [5, 5.41) is 0. The highest BCUT2D eigenvalue weighted by Crippen LogP contribution is 2.27. The van der Waals surface area contributed by atoms with Crippen molar-refractivity contribution < 1.29 is 9.59 Å². The van der Waals surface area contributed by atoms with Crippen LogP contribution in [-0.4, -0.2) is 33.5 Å². The third-order valence-corrected chi connectivity index (χ3v) is 4.59. The quantitative estimate of drug-likeness (QED) is 0.561. The Balaban J connectivity index is 1.91. The van der Waals surface area contributed by atoms with E-state index in [0.717, 1.165) is 44.7 Å². The van der Waals surface area contributed by atoms with E-state index in [0.29, 0.717) is 12.8 Å². The number of nitrogens with zero attached hydrogens (tertiary/aromatic N) is 2. The first kappa shape index (κ1) is 12.9. The molecule has 4 nitrogen and oxygen atoms in total. The summed E-state index contributed by atoms with van der Waals surface area (Å²) in [6.07, 6.45) is 5.04. The van der Waals surface area contributed by atoms with Gasteiger partial charge in [-0.1, -0.05) is 6.92 Å². The second kappa shape index (κ2) is 5.87. The molecule has 0 aromatic carbocycles. The molecule has 0 N–H and O–H groups in total. The van der Waals surface area contributed by atoms with Gasteiger partial charge in [-0.3, -0.25) is 9.59 Å². The topological polar surface area (TPSA) is 40.6 Å².